The number of fused-ring (bicyclic) bond motifs is 2. The lowest BCUT2D eigenvalue weighted by atomic mass is 9.74. The Hall–Kier alpha value is -6.24. The van der Waals surface area contributed by atoms with Gasteiger partial charge in [-0.1, -0.05) is 23.7 Å². The van der Waals surface area contributed by atoms with Crippen molar-refractivity contribution in [3.05, 3.63) is 141 Å². The molecule has 4 N–H and O–H groups in total. The van der Waals surface area contributed by atoms with Crippen molar-refractivity contribution in [3.8, 4) is 35.2 Å². The number of aromatic nitrogens is 2. The summed E-state index contributed by atoms with van der Waals surface area (Å²) in [5.41, 5.74) is 4.05. The summed E-state index contributed by atoms with van der Waals surface area (Å²) in [4.78, 5) is 13.1. The van der Waals surface area contributed by atoms with E-state index in [0.29, 0.717) is 101 Å². The second kappa shape index (κ2) is 24.9. The molecule has 16 heteroatoms. The molecule has 0 aliphatic carbocycles. The third-order valence-corrected chi connectivity index (χ3v) is 14.7. The number of ether oxygens (including phenoxy) is 2. The number of aliphatic hydroxyl groups excluding tert-OH is 4. The second-order valence-electron chi connectivity index (χ2n) is 19.6. The van der Waals surface area contributed by atoms with Crippen LogP contribution in [0.25, 0.3) is 21.8 Å². The number of rotatable bonds is 14. The van der Waals surface area contributed by atoms with Crippen LogP contribution in [-0.2, 0) is 0 Å². The Kier molecular flexibility index (Phi) is 18.6. The van der Waals surface area contributed by atoms with Crippen LogP contribution in [-0.4, -0.2) is 107 Å². The summed E-state index contributed by atoms with van der Waals surface area (Å²) in [5, 5.41) is 44.6. The number of pyridine rings is 2. The van der Waals surface area contributed by atoms with Gasteiger partial charge in [0.15, 0.2) is 17.5 Å². The number of piperidine rings is 2. The molecule has 0 amide bonds. The zero-order valence-corrected chi connectivity index (χ0v) is 42.1. The van der Waals surface area contributed by atoms with E-state index < -0.39 is 52.7 Å². The Morgan fingerprint density at radius 3 is 1.42 bits per heavy atom. The van der Waals surface area contributed by atoms with E-state index in [2.05, 4.69) is 43.4 Å². The summed E-state index contributed by atoms with van der Waals surface area (Å²) in [7, 11) is 3.20. The number of hydrogen-bond donors (Lipinski definition) is 4. The van der Waals surface area contributed by atoms with Crippen molar-refractivity contribution in [1.29, 1.82) is 0 Å². The van der Waals surface area contributed by atoms with E-state index in [9.17, 15) is 46.8 Å². The minimum Gasteiger partial charge on any atom is -0.497 e. The van der Waals surface area contributed by atoms with Crippen molar-refractivity contribution < 1.29 is 56.2 Å². The average molecular weight is 1030 g/mol. The van der Waals surface area contributed by atoms with Crippen LogP contribution in [0.15, 0.2) is 73.1 Å². The first kappa shape index (κ1) is 55.5. The van der Waals surface area contributed by atoms with Crippen molar-refractivity contribution in [2.45, 2.75) is 77.4 Å². The van der Waals surface area contributed by atoms with E-state index in [1.165, 1.54) is 0 Å². The number of halogens is 6. The first-order chi connectivity index (χ1) is 35.5. The lowest BCUT2D eigenvalue weighted by Crippen LogP contribution is -2.42. The number of aryl methyl sites for hydroxylation is 2. The van der Waals surface area contributed by atoms with Gasteiger partial charge in [-0.15, -0.1) is 0 Å². The Morgan fingerprint density at radius 2 is 1.01 bits per heavy atom. The molecule has 0 spiro atoms. The molecule has 74 heavy (non-hydrogen) atoms. The summed E-state index contributed by atoms with van der Waals surface area (Å²) in [5.74, 6) is 5.20. The maximum absolute atomic E-state index is 13.8. The molecule has 8 rings (SSSR count). The molecule has 2 atom stereocenters. The van der Waals surface area contributed by atoms with E-state index in [1.54, 1.807) is 26.6 Å². The van der Waals surface area contributed by atoms with E-state index in [0.717, 1.165) is 69.0 Å². The van der Waals surface area contributed by atoms with Gasteiger partial charge in [0.1, 0.15) is 29.0 Å². The monoisotopic (exact) mass is 1020 g/mol. The van der Waals surface area contributed by atoms with Gasteiger partial charge in [0.05, 0.1) is 56.1 Å². The summed E-state index contributed by atoms with van der Waals surface area (Å²) < 4.78 is 91.2. The summed E-state index contributed by atoms with van der Waals surface area (Å²) >= 11 is 0. The van der Waals surface area contributed by atoms with E-state index in [-0.39, 0.29) is 29.6 Å². The molecule has 0 saturated carbocycles. The lowest BCUT2D eigenvalue weighted by molar-refractivity contribution is 0.0272. The number of likely N-dealkylation sites (tertiary alicyclic amines) is 2. The van der Waals surface area contributed by atoms with Gasteiger partial charge in [-0.3, -0.25) is 19.8 Å². The third kappa shape index (κ3) is 13.3. The van der Waals surface area contributed by atoms with Gasteiger partial charge in [0.2, 0.25) is 0 Å². The minimum absolute atomic E-state index is 0.00907. The second-order valence-corrected chi connectivity index (χ2v) is 19.6. The predicted molar refractivity (Wildman–Crippen MR) is 271 cm³/mol. The smallest absolute Gasteiger partial charge is 0.194 e. The van der Waals surface area contributed by atoms with E-state index in [1.807, 2.05) is 50.2 Å². The zero-order chi connectivity index (χ0) is 53.2. The molecule has 2 aliphatic rings. The minimum atomic E-state index is -1.50. The summed E-state index contributed by atoms with van der Waals surface area (Å²) in [6, 6.07) is 14.2. The third-order valence-electron chi connectivity index (χ3n) is 14.7. The Balaban J connectivity index is 0.000000216. The molecule has 2 unspecified atom stereocenters. The van der Waals surface area contributed by atoms with Gasteiger partial charge in [-0.2, -0.15) is 0 Å². The maximum Gasteiger partial charge on any atom is 0.194 e. The molecular weight excluding hydrogens is 963 g/mol. The molecular formula is C58H62F6N4O6. The van der Waals surface area contributed by atoms with Crippen molar-refractivity contribution in [3.63, 3.8) is 0 Å². The Labute approximate surface area is 428 Å². The quantitative estimate of drug-likeness (QED) is 0.0475. The van der Waals surface area contributed by atoms with Crippen LogP contribution in [0.1, 0.15) is 97.0 Å². The van der Waals surface area contributed by atoms with Crippen molar-refractivity contribution in [2.24, 2.45) is 10.8 Å². The molecule has 4 aromatic carbocycles. The first-order valence-electron chi connectivity index (χ1n) is 24.7. The van der Waals surface area contributed by atoms with Gasteiger partial charge in [-0.05, 0) is 173 Å². The van der Waals surface area contributed by atoms with Crippen molar-refractivity contribution in [1.82, 2.24) is 19.8 Å². The predicted octanol–water partition coefficient (Wildman–Crippen LogP) is 9.82. The maximum atomic E-state index is 13.8. The molecule has 392 valence electrons. The molecule has 2 saturated heterocycles. The highest BCUT2D eigenvalue weighted by Crippen LogP contribution is 2.41. The fourth-order valence-electron chi connectivity index (χ4n) is 10.0. The topological polar surface area (TPSA) is 132 Å². The largest absolute Gasteiger partial charge is 0.497 e. The number of nitrogens with zero attached hydrogens (tertiary/aromatic N) is 4. The van der Waals surface area contributed by atoms with Crippen LogP contribution in [0, 0.1) is 83.3 Å². The molecule has 2 aromatic heterocycles. The fraction of sp³-hybridized carbons (Fsp3) is 0.414. The fourth-order valence-corrected chi connectivity index (χ4v) is 10.0. The first-order valence-corrected chi connectivity index (χ1v) is 24.7. The zero-order valence-electron chi connectivity index (χ0n) is 42.1. The van der Waals surface area contributed by atoms with Gasteiger partial charge in [0.25, 0.3) is 0 Å². The average Bonchev–Trinajstić information content (AvgIpc) is 3.40. The van der Waals surface area contributed by atoms with Crippen molar-refractivity contribution in [2.75, 3.05) is 66.7 Å². The van der Waals surface area contributed by atoms with E-state index >= 15 is 0 Å². The van der Waals surface area contributed by atoms with Gasteiger partial charge in [-0.25, -0.2) is 26.3 Å². The number of aliphatic hydroxyl groups is 4. The molecule has 2 fully saturated rings. The number of methoxy groups -OCH3 is 2. The normalized spacial score (nSPS) is 16.3. The van der Waals surface area contributed by atoms with Gasteiger partial charge < -0.3 is 29.9 Å². The molecule has 0 radical (unpaired) electrons. The number of hydrogen-bond acceptors (Lipinski definition) is 10. The molecule has 10 nitrogen and oxygen atoms in total. The molecule has 6 aromatic rings. The lowest BCUT2D eigenvalue weighted by Gasteiger charge is -2.40. The van der Waals surface area contributed by atoms with Crippen molar-refractivity contribution >= 4 is 21.8 Å². The van der Waals surface area contributed by atoms with Gasteiger partial charge in [0, 0.05) is 54.1 Å². The van der Waals surface area contributed by atoms with Crippen LogP contribution in [0.3, 0.4) is 0 Å². The molecule has 4 heterocycles. The standard InChI is InChI=1S/2C29H31F3N2O3/c1-19-17-33-26-6-5-21(37-2)16-23(26)28(19)27(36)7-8-29(18-35)9-12-34(13-10-29)11-3-4-22-24(31)14-20(30)15-25(22)32;1-19-17-33-25-6-5-21(37-2)16-22(25)27(19)26(36)7-8-29(18-35)9-12-34(13-10-29)11-3-4-20-14-23(30)28(32)24(31)15-20/h5-6,14-17,27,35-36H,7-13,18H2,1-2H3;5-6,14-17,26,35-36H,7-13,18H2,1-2H3. The number of benzene rings is 4. The van der Waals surface area contributed by atoms with Gasteiger partial charge >= 0.3 is 0 Å². The van der Waals surface area contributed by atoms with E-state index in [4.69, 9.17) is 9.47 Å². The van der Waals surface area contributed by atoms with Crippen LogP contribution < -0.4 is 9.47 Å². The SMILES string of the molecule is COc1ccc2ncc(C)c(C(O)CCC3(CO)CCN(CC#Cc4c(F)cc(F)cc4F)CC3)c2c1.COc1ccc2ncc(C)c(C(O)CCC3(CO)CCN(CC#Cc4cc(F)c(F)c(F)c4)CC3)c2c1. The Morgan fingerprint density at radius 1 is 0.595 bits per heavy atom. The highest BCUT2D eigenvalue weighted by Gasteiger charge is 2.36. The van der Waals surface area contributed by atoms with Crippen LogP contribution >= 0.6 is 0 Å². The van der Waals surface area contributed by atoms with Crippen LogP contribution in [0.5, 0.6) is 11.5 Å². The molecule has 0 bridgehead atoms. The Bertz CT molecular complexity index is 3020. The summed E-state index contributed by atoms with van der Waals surface area (Å²) in [6.45, 7) is 7.32. The highest BCUT2D eigenvalue weighted by atomic mass is 19.2. The van der Waals surface area contributed by atoms with Crippen LogP contribution in [0.4, 0.5) is 26.3 Å². The van der Waals surface area contributed by atoms with Crippen LogP contribution in [0.2, 0.25) is 0 Å². The summed E-state index contributed by atoms with van der Waals surface area (Å²) in [6.07, 6.45) is 7.29. The highest BCUT2D eigenvalue weighted by molar-refractivity contribution is 5.85. The molecule has 2 aliphatic heterocycles.